The van der Waals surface area contributed by atoms with E-state index in [0.717, 1.165) is 38.3 Å². The molecule has 5 nitrogen and oxygen atoms in total. The van der Waals surface area contributed by atoms with Crippen LogP contribution in [0.3, 0.4) is 0 Å². The predicted octanol–water partition coefficient (Wildman–Crippen LogP) is 0.253. The van der Waals surface area contributed by atoms with E-state index in [4.69, 9.17) is 5.73 Å². The summed E-state index contributed by atoms with van der Waals surface area (Å²) < 4.78 is 0. The highest BCUT2D eigenvalue weighted by Crippen LogP contribution is 2.22. The minimum atomic E-state index is -0.0789. The Bertz CT molecular complexity index is 415. The number of aryl methyl sites for hydroxylation is 1. The summed E-state index contributed by atoms with van der Waals surface area (Å²) in [6, 6.07) is 1.57. The van der Waals surface area contributed by atoms with Crippen LogP contribution < -0.4 is 16.2 Å². The summed E-state index contributed by atoms with van der Waals surface area (Å²) in [5, 5.41) is 0. The lowest BCUT2D eigenvalue weighted by atomic mass is 10.1. The lowest BCUT2D eigenvalue weighted by Crippen LogP contribution is -2.24. The lowest BCUT2D eigenvalue weighted by Gasteiger charge is -2.17. The smallest absolute Gasteiger partial charge is 0.252 e. The average molecular weight is 222 g/mol. The van der Waals surface area contributed by atoms with E-state index in [0.29, 0.717) is 11.7 Å². The molecular weight excluding hydrogens is 204 g/mol. The van der Waals surface area contributed by atoms with E-state index in [1.54, 1.807) is 13.0 Å². The Kier molecular flexibility index (Phi) is 3.24. The fourth-order valence-corrected chi connectivity index (χ4v) is 2.24. The first-order chi connectivity index (χ1) is 7.69. The number of rotatable bonds is 3. The minimum Gasteiger partial charge on any atom is -0.356 e. The SMILES string of the molecule is Cc1nc(N2CCC(CCN)C2)cc(=O)[nH]1. The van der Waals surface area contributed by atoms with Gasteiger partial charge in [0.25, 0.3) is 5.56 Å². The highest BCUT2D eigenvalue weighted by molar-refractivity contribution is 5.38. The first-order valence-corrected chi connectivity index (χ1v) is 5.72. The highest BCUT2D eigenvalue weighted by atomic mass is 16.1. The van der Waals surface area contributed by atoms with Gasteiger partial charge >= 0.3 is 0 Å². The van der Waals surface area contributed by atoms with Crippen LogP contribution in [-0.2, 0) is 0 Å². The van der Waals surface area contributed by atoms with Gasteiger partial charge in [0.15, 0.2) is 0 Å². The van der Waals surface area contributed by atoms with Gasteiger partial charge in [0.2, 0.25) is 0 Å². The van der Waals surface area contributed by atoms with E-state index in [2.05, 4.69) is 14.9 Å². The summed E-state index contributed by atoms with van der Waals surface area (Å²) in [5.74, 6) is 2.11. The molecule has 88 valence electrons. The van der Waals surface area contributed by atoms with Gasteiger partial charge in [-0.2, -0.15) is 0 Å². The zero-order chi connectivity index (χ0) is 11.5. The summed E-state index contributed by atoms with van der Waals surface area (Å²) in [5.41, 5.74) is 5.47. The molecular formula is C11H18N4O. The van der Waals surface area contributed by atoms with Gasteiger partial charge in [0, 0.05) is 19.2 Å². The first kappa shape index (κ1) is 11.1. The number of anilines is 1. The third-order valence-corrected chi connectivity index (χ3v) is 3.03. The van der Waals surface area contributed by atoms with Crippen LogP contribution in [0.4, 0.5) is 5.82 Å². The number of nitrogens with one attached hydrogen (secondary N) is 1. The van der Waals surface area contributed by atoms with Gasteiger partial charge in [-0.1, -0.05) is 0 Å². The summed E-state index contributed by atoms with van der Waals surface area (Å²) >= 11 is 0. The van der Waals surface area contributed by atoms with Crippen LogP contribution in [0.25, 0.3) is 0 Å². The van der Waals surface area contributed by atoms with Gasteiger partial charge in [0.1, 0.15) is 11.6 Å². The van der Waals surface area contributed by atoms with Crippen molar-refractivity contribution in [1.82, 2.24) is 9.97 Å². The van der Waals surface area contributed by atoms with E-state index < -0.39 is 0 Å². The van der Waals surface area contributed by atoms with Crippen molar-refractivity contribution in [1.29, 1.82) is 0 Å². The van der Waals surface area contributed by atoms with Crippen LogP contribution in [0.15, 0.2) is 10.9 Å². The monoisotopic (exact) mass is 222 g/mol. The molecule has 0 saturated carbocycles. The van der Waals surface area contributed by atoms with Crippen LogP contribution in [0.2, 0.25) is 0 Å². The fourth-order valence-electron chi connectivity index (χ4n) is 2.24. The highest BCUT2D eigenvalue weighted by Gasteiger charge is 2.23. The van der Waals surface area contributed by atoms with Gasteiger partial charge in [-0.15, -0.1) is 0 Å². The number of hydrogen-bond donors (Lipinski definition) is 2. The zero-order valence-corrected chi connectivity index (χ0v) is 9.57. The Hall–Kier alpha value is -1.36. The van der Waals surface area contributed by atoms with Crippen LogP contribution in [-0.4, -0.2) is 29.6 Å². The van der Waals surface area contributed by atoms with Gasteiger partial charge in [-0.3, -0.25) is 4.79 Å². The van der Waals surface area contributed by atoms with E-state index in [9.17, 15) is 4.79 Å². The van der Waals surface area contributed by atoms with Gasteiger partial charge in [-0.25, -0.2) is 4.98 Å². The predicted molar refractivity (Wildman–Crippen MR) is 63.6 cm³/mol. The van der Waals surface area contributed by atoms with Crippen molar-refractivity contribution < 1.29 is 0 Å². The van der Waals surface area contributed by atoms with Crippen LogP contribution >= 0.6 is 0 Å². The second-order valence-electron chi connectivity index (χ2n) is 4.37. The summed E-state index contributed by atoms with van der Waals surface area (Å²) in [6.45, 7) is 4.48. The second-order valence-corrected chi connectivity index (χ2v) is 4.37. The molecule has 2 heterocycles. The molecule has 0 amide bonds. The molecule has 1 saturated heterocycles. The number of H-pyrrole nitrogens is 1. The van der Waals surface area contributed by atoms with Crippen molar-refractivity contribution in [2.75, 3.05) is 24.5 Å². The molecule has 1 aromatic heterocycles. The average Bonchev–Trinajstić information content (AvgIpc) is 2.65. The van der Waals surface area contributed by atoms with Gasteiger partial charge < -0.3 is 15.6 Å². The Morgan fingerprint density at radius 2 is 2.50 bits per heavy atom. The van der Waals surface area contributed by atoms with Crippen molar-refractivity contribution in [2.24, 2.45) is 11.7 Å². The molecule has 0 aromatic carbocycles. The molecule has 1 atom stereocenters. The third kappa shape index (κ3) is 2.41. The topological polar surface area (TPSA) is 75.0 Å². The zero-order valence-electron chi connectivity index (χ0n) is 9.57. The Labute approximate surface area is 94.7 Å². The molecule has 3 N–H and O–H groups in total. The quantitative estimate of drug-likeness (QED) is 0.769. The van der Waals surface area contributed by atoms with Crippen LogP contribution in [0.5, 0.6) is 0 Å². The number of nitrogens with zero attached hydrogens (tertiary/aromatic N) is 2. The van der Waals surface area contributed by atoms with Crippen molar-refractivity contribution in [3.63, 3.8) is 0 Å². The van der Waals surface area contributed by atoms with Gasteiger partial charge in [-0.05, 0) is 32.2 Å². The third-order valence-electron chi connectivity index (χ3n) is 3.03. The van der Waals surface area contributed by atoms with E-state index in [1.807, 2.05) is 0 Å². The molecule has 1 fully saturated rings. The standard InChI is InChI=1S/C11H18N4O/c1-8-13-10(6-11(16)14-8)15-5-3-9(7-15)2-4-12/h6,9H,2-5,7,12H2,1H3,(H,13,14,16). The minimum absolute atomic E-state index is 0.0789. The number of nitrogens with two attached hydrogens (primary N) is 1. The van der Waals surface area contributed by atoms with E-state index in [-0.39, 0.29) is 5.56 Å². The molecule has 16 heavy (non-hydrogen) atoms. The Balaban J connectivity index is 2.11. The number of aromatic amines is 1. The molecule has 1 aliphatic rings. The largest absolute Gasteiger partial charge is 0.356 e. The molecule has 0 spiro atoms. The van der Waals surface area contributed by atoms with E-state index in [1.165, 1.54) is 0 Å². The normalized spacial score (nSPS) is 20.4. The first-order valence-electron chi connectivity index (χ1n) is 5.72. The van der Waals surface area contributed by atoms with Crippen molar-refractivity contribution in [3.8, 4) is 0 Å². The van der Waals surface area contributed by atoms with E-state index >= 15 is 0 Å². The molecule has 2 rings (SSSR count). The van der Waals surface area contributed by atoms with Crippen molar-refractivity contribution >= 4 is 5.82 Å². The Morgan fingerprint density at radius 3 is 3.19 bits per heavy atom. The molecule has 1 aromatic rings. The van der Waals surface area contributed by atoms with Gasteiger partial charge in [0.05, 0.1) is 0 Å². The van der Waals surface area contributed by atoms with Crippen molar-refractivity contribution in [2.45, 2.75) is 19.8 Å². The maximum absolute atomic E-state index is 11.3. The molecule has 1 aliphatic heterocycles. The molecule has 5 heteroatoms. The van der Waals surface area contributed by atoms with Crippen LogP contribution in [0, 0.1) is 12.8 Å². The maximum atomic E-state index is 11.3. The molecule has 0 bridgehead atoms. The lowest BCUT2D eigenvalue weighted by molar-refractivity contribution is 0.546. The summed E-state index contributed by atoms with van der Waals surface area (Å²) in [7, 11) is 0. The number of aromatic nitrogens is 2. The van der Waals surface area contributed by atoms with Crippen LogP contribution in [0.1, 0.15) is 18.7 Å². The maximum Gasteiger partial charge on any atom is 0.252 e. The Morgan fingerprint density at radius 1 is 1.69 bits per heavy atom. The molecule has 0 radical (unpaired) electrons. The number of hydrogen-bond acceptors (Lipinski definition) is 4. The summed E-state index contributed by atoms with van der Waals surface area (Å²) in [4.78, 5) is 20.5. The second kappa shape index (κ2) is 4.65. The molecule has 1 unspecified atom stereocenters. The fraction of sp³-hybridized carbons (Fsp3) is 0.636. The summed E-state index contributed by atoms with van der Waals surface area (Å²) in [6.07, 6.45) is 2.20. The van der Waals surface area contributed by atoms with Crippen molar-refractivity contribution in [3.05, 3.63) is 22.2 Å². The molecule has 0 aliphatic carbocycles.